The number of hydrazone groups is 1. The molecule has 0 saturated heterocycles. The summed E-state index contributed by atoms with van der Waals surface area (Å²) in [6, 6.07) is 7.99. The van der Waals surface area contributed by atoms with E-state index in [2.05, 4.69) is 10.2 Å². The number of amides is 1. The molecule has 1 amide bonds. The first-order valence-electron chi connectivity index (χ1n) is 10.8. The van der Waals surface area contributed by atoms with Crippen LogP contribution < -0.4 is 108 Å². The van der Waals surface area contributed by atoms with E-state index in [0.29, 0.717) is 5.01 Å². The maximum atomic E-state index is 12.9. The van der Waals surface area contributed by atoms with Crippen LogP contribution >= 0.6 is 0 Å². The van der Waals surface area contributed by atoms with Crippen molar-refractivity contribution in [2.24, 2.45) is 5.10 Å². The molecule has 2 heterocycles. The standard InChI is InChI=1S/C23H16N4O12S2.2K/c28-20-16(18(22(30)31)24-26(20)12-4-8-14(9-5-12)40(34,35)36)2-1-3-17-19(23(32)33)25-27(21(17)29)13-6-10-15(11-7-13)41(37,38)39;;/h1-11,28H,(H,30,31)(H,32,33)(H,34,35,36)(H,37,38,39);;/q;2*+1/p-2. The first kappa shape index (κ1) is 37.3. The van der Waals surface area contributed by atoms with Gasteiger partial charge in [0.25, 0.3) is 5.91 Å². The smallest absolute Gasteiger partial charge is 0.744 e. The van der Waals surface area contributed by atoms with Crippen LogP contribution in [0.5, 0.6) is 5.88 Å². The predicted octanol–water partition coefficient (Wildman–Crippen LogP) is -5.48. The van der Waals surface area contributed by atoms with E-state index < -0.39 is 70.7 Å². The summed E-state index contributed by atoms with van der Waals surface area (Å²) in [6.07, 6.45) is 3.03. The van der Waals surface area contributed by atoms with Gasteiger partial charge in [-0.3, -0.25) is 4.79 Å². The largest absolute Gasteiger partial charge is 1.00 e. The molecule has 212 valence electrons. The Hall–Kier alpha value is -1.90. The molecule has 0 aliphatic carbocycles. The maximum absolute atomic E-state index is 12.9. The van der Waals surface area contributed by atoms with Crippen molar-refractivity contribution in [3.63, 3.8) is 0 Å². The van der Waals surface area contributed by atoms with Crippen molar-refractivity contribution >= 4 is 55.6 Å². The number of aromatic hydroxyl groups is 1. The number of benzene rings is 2. The third-order valence-corrected chi connectivity index (χ3v) is 7.14. The summed E-state index contributed by atoms with van der Waals surface area (Å²) in [4.78, 5) is 35.2. The molecule has 1 aromatic heterocycles. The van der Waals surface area contributed by atoms with Crippen LogP contribution in [0.15, 0.2) is 81.1 Å². The summed E-state index contributed by atoms with van der Waals surface area (Å²) in [5.41, 5.74) is -2.29. The zero-order valence-corrected chi connectivity index (χ0v) is 29.9. The molecule has 1 aliphatic rings. The summed E-state index contributed by atoms with van der Waals surface area (Å²) in [6.45, 7) is 0. The second-order valence-corrected chi connectivity index (χ2v) is 10.8. The zero-order chi connectivity index (χ0) is 30.3. The zero-order valence-electron chi connectivity index (χ0n) is 22.0. The SMILES string of the molecule is O=C(O)C1=NN(c2ccc(S(=O)(=O)[O-])cc2)C(=O)C1=CC=Cc1c(C(=O)O)nn(-c2ccc(S(=O)(=O)[O-])cc2)c1O.[K+].[K+]. The quantitative estimate of drug-likeness (QED) is 0.114. The van der Waals surface area contributed by atoms with Gasteiger partial charge in [0.1, 0.15) is 20.2 Å². The van der Waals surface area contributed by atoms with E-state index in [-0.39, 0.29) is 120 Å². The number of aliphatic carboxylic acids is 1. The molecule has 1 aliphatic heterocycles. The normalized spacial score (nSPS) is 14.4. The molecule has 16 nitrogen and oxygen atoms in total. The number of hydrogen-bond acceptors (Lipinski definition) is 12. The van der Waals surface area contributed by atoms with Crippen molar-refractivity contribution in [3.8, 4) is 11.6 Å². The molecule has 0 spiro atoms. The average molecular weight is 681 g/mol. The first-order valence-corrected chi connectivity index (χ1v) is 13.6. The summed E-state index contributed by atoms with van der Waals surface area (Å²) in [5.74, 6) is -4.87. The van der Waals surface area contributed by atoms with E-state index >= 15 is 0 Å². The van der Waals surface area contributed by atoms with Gasteiger partial charge in [0.15, 0.2) is 11.4 Å². The van der Waals surface area contributed by atoms with Crippen LogP contribution in [0.25, 0.3) is 11.8 Å². The second-order valence-electron chi connectivity index (χ2n) is 8.01. The third kappa shape index (κ3) is 8.23. The molecule has 0 bridgehead atoms. The van der Waals surface area contributed by atoms with Gasteiger partial charge in [0, 0.05) is 0 Å². The minimum atomic E-state index is -4.78. The van der Waals surface area contributed by atoms with Crippen LogP contribution in [-0.2, 0) is 29.8 Å². The summed E-state index contributed by atoms with van der Waals surface area (Å²) >= 11 is 0. The molecule has 3 aromatic rings. The molecule has 4 rings (SSSR count). The van der Waals surface area contributed by atoms with Crippen LogP contribution in [-0.4, -0.2) is 74.6 Å². The number of aromatic carboxylic acids is 1. The number of hydrogen-bond donors (Lipinski definition) is 3. The van der Waals surface area contributed by atoms with Gasteiger partial charge in [-0.1, -0.05) is 6.08 Å². The molecular formula is C23H14K2N4O12S2. The summed E-state index contributed by atoms with van der Waals surface area (Å²) < 4.78 is 67.5. The van der Waals surface area contributed by atoms with Crippen LogP contribution in [0, 0.1) is 0 Å². The van der Waals surface area contributed by atoms with E-state index in [1.165, 1.54) is 0 Å². The van der Waals surface area contributed by atoms with Crippen molar-refractivity contribution in [1.82, 2.24) is 9.78 Å². The Morgan fingerprint density at radius 2 is 1.30 bits per heavy atom. The number of carboxylic acid groups (broad SMARTS) is 2. The fraction of sp³-hybridized carbons (Fsp3) is 0. The van der Waals surface area contributed by atoms with Gasteiger partial charge in [0.2, 0.25) is 5.88 Å². The number of allylic oxidation sites excluding steroid dienone is 2. The van der Waals surface area contributed by atoms with Crippen LogP contribution in [0.4, 0.5) is 5.69 Å². The first-order chi connectivity index (χ1) is 19.1. The van der Waals surface area contributed by atoms with Gasteiger partial charge in [-0.2, -0.15) is 19.9 Å². The number of carbonyl (C=O) groups excluding carboxylic acids is 1. The molecule has 0 saturated carbocycles. The van der Waals surface area contributed by atoms with Crippen LogP contribution in [0.3, 0.4) is 0 Å². The van der Waals surface area contributed by atoms with Crippen molar-refractivity contribution < 1.29 is 158 Å². The van der Waals surface area contributed by atoms with Crippen molar-refractivity contribution in [1.29, 1.82) is 0 Å². The van der Waals surface area contributed by atoms with Gasteiger partial charge in [0.05, 0.1) is 32.3 Å². The van der Waals surface area contributed by atoms with E-state index in [9.17, 15) is 55.6 Å². The van der Waals surface area contributed by atoms with Gasteiger partial charge in [-0.15, -0.1) is 0 Å². The molecule has 2 aromatic carbocycles. The molecule has 0 unspecified atom stereocenters. The Kier molecular flexibility index (Phi) is 12.5. The van der Waals surface area contributed by atoms with Gasteiger partial charge in [-0.05, 0) is 60.7 Å². The Labute approximate surface area is 327 Å². The molecule has 20 heteroatoms. The molecule has 0 radical (unpaired) electrons. The number of carbonyl (C=O) groups is 3. The van der Waals surface area contributed by atoms with Gasteiger partial charge < -0.3 is 24.4 Å². The molecular weight excluding hydrogens is 667 g/mol. The number of aromatic nitrogens is 2. The fourth-order valence-electron chi connectivity index (χ4n) is 3.56. The molecule has 43 heavy (non-hydrogen) atoms. The maximum Gasteiger partial charge on any atom is 1.00 e. The Bertz CT molecular complexity index is 1920. The van der Waals surface area contributed by atoms with Crippen molar-refractivity contribution in [2.75, 3.05) is 5.01 Å². The van der Waals surface area contributed by atoms with E-state index in [4.69, 9.17) is 0 Å². The minimum Gasteiger partial charge on any atom is -0.744 e. The third-order valence-electron chi connectivity index (χ3n) is 5.45. The Balaban J connectivity index is 0.00000323. The molecule has 0 fully saturated rings. The van der Waals surface area contributed by atoms with Crippen LogP contribution in [0.1, 0.15) is 16.1 Å². The van der Waals surface area contributed by atoms with Gasteiger partial charge in [-0.25, -0.2) is 26.4 Å². The average Bonchev–Trinajstić information content (AvgIpc) is 3.40. The fourth-order valence-corrected chi connectivity index (χ4v) is 4.50. The number of rotatable bonds is 8. The van der Waals surface area contributed by atoms with E-state index in [1.807, 2.05) is 0 Å². The molecule has 3 N–H and O–H groups in total. The topological polar surface area (TPSA) is 260 Å². The van der Waals surface area contributed by atoms with Crippen molar-refractivity contribution in [2.45, 2.75) is 9.79 Å². The summed E-state index contributed by atoms with van der Waals surface area (Å²) in [7, 11) is -9.54. The minimum absolute atomic E-state index is 0. The number of carboxylic acids is 2. The van der Waals surface area contributed by atoms with Crippen molar-refractivity contribution in [3.05, 3.63) is 77.5 Å². The number of nitrogens with zero attached hydrogens (tertiary/aromatic N) is 4. The Morgan fingerprint density at radius 3 is 1.74 bits per heavy atom. The predicted molar refractivity (Wildman–Crippen MR) is 134 cm³/mol. The van der Waals surface area contributed by atoms with Crippen LogP contribution in [0.2, 0.25) is 0 Å². The van der Waals surface area contributed by atoms with E-state index in [0.717, 1.165) is 71.4 Å². The Morgan fingerprint density at radius 1 is 0.814 bits per heavy atom. The second kappa shape index (κ2) is 14.5. The monoisotopic (exact) mass is 680 g/mol. The molecule has 0 atom stereocenters. The summed E-state index contributed by atoms with van der Waals surface area (Å²) in [5, 5.41) is 37.8. The van der Waals surface area contributed by atoms with E-state index in [1.54, 1.807) is 0 Å². The number of anilines is 1. The van der Waals surface area contributed by atoms with Gasteiger partial charge >= 0.3 is 115 Å².